The van der Waals surface area contributed by atoms with Crippen molar-refractivity contribution in [3.63, 3.8) is 0 Å². The molecule has 0 radical (unpaired) electrons. The Morgan fingerprint density at radius 1 is 1.39 bits per heavy atom. The lowest BCUT2D eigenvalue weighted by molar-refractivity contribution is -0.138. The third-order valence-electron chi connectivity index (χ3n) is 4.02. The molecule has 1 aliphatic rings. The van der Waals surface area contributed by atoms with Gasteiger partial charge in [-0.3, -0.25) is 4.79 Å². The van der Waals surface area contributed by atoms with Crippen LogP contribution in [0.1, 0.15) is 12.5 Å². The van der Waals surface area contributed by atoms with Crippen LogP contribution in [-0.4, -0.2) is 41.2 Å². The number of carbonyl (C=O) groups is 1. The second-order valence-corrected chi connectivity index (χ2v) is 7.36. The minimum atomic E-state index is 0.0970. The molecule has 1 atom stereocenters. The Hall–Kier alpha value is -1.50. The number of benzene rings is 1. The first-order valence-corrected chi connectivity index (χ1v) is 8.98. The number of amides is 1. The fourth-order valence-corrected chi connectivity index (χ4v) is 3.78. The summed E-state index contributed by atoms with van der Waals surface area (Å²) in [5.74, 6) is 0.100. The third-order valence-corrected chi connectivity index (χ3v) is 5.29. The summed E-state index contributed by atoms with van der Waals surface area (Å²) in [6, 6.07) is 8.30. The van der Waals surface area contributed by atoms with E-state index < -0.39 is 0 Å². The van der Waals surface area contributed by atoms with Crippen LogP contribution in [0.5, 0.6) is 0 Å². The highest BCUT2D eigenvalue weighted by Gasteiger charge is 2.22. The number of nitrogens with zero attached hydrogens (tertiary/aromatic N) is 2. The van der Waals surface area contributed by atoms with E-state index in [0.29, 0.717) is 19.7 Å². The average molecular weight is 348 g/mol. The van der Waals surface area contributed by atoms with Gasteiger partial charge in [-0.15, -0.1) is 11.3 Å². The number of rotatable bonds is 3. The average Bonchev–Trinajstić information content (AvgIpc) is 2.89. The first kappa shape index (κ1) is 16.4. The van der Waals surface area contributed by atoms with Crippen molar-refractivity contribution in [3.8, 4) is 11.3 Å². The van der Waals surface area contributed by atoms with E-state index in [4.69, 9.17) is 17.0 Å². The standard InChI is InChI=1S/C17H20N2O2S2/c1-12-3-5-14(6-4-12)15-11-23-17(22)19(15)10-16(20)18-7-8-21-13(2)9-18/h3-6,11,13H,7-10H2,1-2H3/t13-/m1/s1. The van der Waals surface area contributed by atoms with Gasteiger partial charge in [0.1, 0.15) is 6.54 Å². The number of aryl methyl sites for hydroxylation is 1. The van der Waals surface area contributed by atoms with Crippen LogP contribution in [-0.2, 0) is 16.1 Å². The maximum absolute atomic E-state index is 12.6. The second kappa shape index (κ2) is 6.95. The third kappa shape index (κ3) is 3.71. The molecule has 1 aromatic carbocycles. The maximum Gasteiger partial charge on any atom is 0.242 e. The molecule has 0 saturated carbocycles. The van der Waals surface area contributed by atoms with E-state index in [1.807, 2.05) is 21.8 Å². The van der Waals surface area contributed by atoms with Gasteiger partial charge in [-0.2, -0.15) is 0 Å². The predicted molar refractivity (Wildman–Crippen MR) is 95.3 cm³/mol. The van der Waals surface area contributed by atoms with Crippen molar-refractivity contribution < 1.29 is 9.53 Å². The van der Waals surface area contributed by atoms with Gasteiger partial charge in [-0.1, -0.05) is 29.8 Å². The molecule has 23 heavy (non-hydrogen) atoms. The minimum Gasteiger partial charge on any atom is -0.375 e. The minimum absolute atomic E-state index is 0.0970. The number of carbonyl (C=O) groups excluding carboxylic acids is 1. The van der Waals surface area contributed by atoms with Crippen molar-refractivity contribution in [2.45, 2.75) is 26.5 Å². The summed E-state index contributed by atoms with van der Waals surface area (Å²) in [6.07, 6.45) is 0.0970. The Morgan fingerprint density at radius 3 is 2.83 bits per heavy atom. The molecule has 0 N–H and O–H groups in total. The van der Waals surface area contributed by atoms with Crippen LogP contribution >= 0.6 is 23.6 Å². The van der Waals surface area contributed by atoms with Gasteiger partial charge in [0.2, 0.25) is 5.91 Å². The van der Waals surface area contributed by atoms with Crippen LogP contribution in [0.15, 0.2) is 29.6 Å². The fraction of sp³-hybridized carbons (Fsp3) is 0.412. The number of morpholine rings is 1. The molecule has 0 bridgehead atoms. The smallest absolute Gasteiger partial charge is 0.242 e. The molecule has 1 saturated heterocycles. The number of thiazole rings is 1. The Bertz CT molecular complexity index is 749. The normalized spacial score (nSPS) is 18.2. The monoisotopic (exact) mass is 348 g/mol. The molecule has 3 rings (SSSR count). The van der Waals surface area contributed by atoms with E-state index in [1.165, 1.54) is 16.9 Å². The number of hydrogen-bond donors (Lipinski definition) is 0. The maximum atomic E-state index is 12.6. The largest absolute Gasteiger partial charge is 0.375 e. The van der Waals surface area contributed by atoms with Gasteiger partial charge >= 0.3 is 0 Å². The first-order valence-electron chi connectivity index (χ1n) is 7.69. The molecule has 122 valence electrons. The summed E-state index contributed by atoms with van der Waals surface area (Å²) in [6.45, 7) is 6.25. The Labute approximate surface area is 145 Å². The highest BCUT2D eigenvalue weighted by atomic mass is 32.1. The van der Waals surface area contributed by atoms with Crippen LogP contribution in [0.2, 0.25) is 0 Å². The lowest BCUT2D eigenvalue weighted by Crippen LogP contribution is -2.45. The summed E-state index contributed by atoms with van der Waals surface area (Å²) >= 11 is 6.93. The highest BCUT2D eigenvalue weighted by Crippen LogP contribution is 2.24. The van der Waals surface area contributed by atoms with Crippen LogP contribution in [0, 0.1) is 10.9 Å². The predicted octanol–water partition coefficient (Wildman–Crippen LogP) is 3.50. The highest BCUT2D eigenvalue weighted by molar-refractivity contribution is 7.73. The molecule has 1 fully saturated rings. The number of ether oxygens (including phenoxy) is 1. The van der Waals surface area contributed by atoms with Crippen LogP contribution < -0.4 is 0 Å². The van der Waals surface area contributed by atoms with Crippen LogP contribution in [0.3, 0.4) is 0 Å². The van der Waals surface area contributed by atoms with E-state index in [1.54, 1.807) is 0 Å². The van der Waals surface area contributed by atoms with E-state index in [-0.39, 0.29) is 18.6 Å². The molecule has 1 amide bonds. The van der Waals surface area contributed by atoms with Crippen molar-refractivity contribution >= 4 is 29.5 Å². The summed E-state index contributed by atoms with van der Waals surface area (Å²) in [4.78, 5) is 14.5. The molecule has 2 heterocycles. The van der Waals surface area contributed by atoms with Crippen molar-refractivity contribution in [3.05, 3.63) is 39.2 Å². The van der Waals surface area contributed by atoms with Crippen molar-refractivity contribution in [2.24, 2.45) is 0 Å². The molecule has 1 aliphatic heterocycles. The molecule has 0 aliphatic carbocycles. The summed E-state index contributed by atoms with van der Waals surface area (Å²) in [5.41, 5.74) is 3.31. The SMILES string of the molecule is Cc1ccc(-c2csc(=S)n2CC(=O)N2CCO[C@H](C)C2)cc1. The molecule has 2 aromatic rings. The van der Waals surface area contributed by atoms with Gasteiger partial charge in [-0.05, 0) is 31.6 Å². The van der Waals surface area contributed by atoms with Gasteiger partial charge in [0.15, 0.2) is 3.95 Å². The second-order valence-electron chi connectivity index (χ2n) is 5.86. The summed E-state index contributed by atoms with van der Waals surface area (Å²) in [7, 11) is 0. The van der Waals surface area contributed by atoms with E-state index in [9.17, 15) is 4.79 Å². The van der Waals surface area contributed by atoms with Gasteiger partial charge in [0.05, 0.1) is 18.4 Å². The Morgan fingerprint density at radius 2 is 2.13 bits per heavy atom. The molecule has 6 heteroatoms. The molecule has 0 spiro atoms. The van der Waals surface area contributed by atoms with Crippen LogP contribution in [0.4, 0.5) is 0 Å². The Kier molecular flexibility index (Phi) is 4.94. The molecular weight excluding hydrogens is 328 g/mol. The molecule has 1 aromatic heterocycles. The summed E-state index contributed by atoms with van der Waals surface area (Å²) in [5, 5.41) is 2.03. The lowest BCUT2D eigenvalue weighted by Gasteiger charge is -2.31. The van der Waals surface area contributed by atoms with E-state index >= 15 is 0 Å². The summed E-state index contributed by atoms with van der Waals surface area (Å²) < 4.78 is 8.17. The van der Waals surface area contributed by atoms with Gasteiger partial charge in [-0.25, -0.2) is 0 Å². The van der Waals surface area contributed by atoms with Gasteiger partial charge < -0.3 is 14.2 Å². The van der Waals surface area contributed by atoms with Crippen molar-refractivity contribution in [2.75, 3.05) is 19.7 Å². The fourth-order valence-electron chi connectivity index (χ4n) is 2.71. The molecule has 4 nitrogen and oxygen atoms in total. The topological polar surface area (TPSA) is 34.5 Å². The molecular formula is C17H20N2O2S2. The van der Waals surface area contributed by atoms with Gasteiger partial charge in [0.25, 0.3) is 0 Å². The lowest BCUT2D eigenvalue weighted by atomic mass is 10.1. The zero-order chi connectivity index (χ0) is 16.4. The number of hydrogen-bond acceptors (Lipinski definition) is 4. The first-order chi connectivity index (χ1) is 11.0. The zero-order valence-electron chi connectivity index (χ0n) is 13.3. The zero-order valence-corrected chi connectivity index (χ0v) is 15.0. The van der Waals surface area contributed by atoms with Gasteiger partial charge in [0, 0.05) is 18.5 Å². The Balaban J connectivity index is 1.83. The molecule has 0 unspecified atom stereocenters. The number of aromatic nitrogens is 1. The quantitative estimate of drug-likeness (QED) is 0.796. The van der Waals surface area contributed by atoms with E-state index in [2.05, 4.69) is 31.2 Å². The van der Waals surface area contributed by atoms with Crippen molar-refractivity contribution in [1.82, 2.24) is 9.47 Å². The van der Waals surface area contributed by atoms with E-state index in [0.717, 1.165) is 15.2 Å². The van der Waals surface area contributed by atoms with Crippen molar-refractivity contribution in [1.29, 1.82) is 0 Å². The van der Waals surface area contributed by atoms with Crippen LogP contribution in [0.25, 0.3) is 11.3 Å².